The highest BCUT2D eigenvalue weighted by Gasteiger charge is 2.29. The first-order valence-electron chi connectivity index (χ1n) is 5.59. The van der Waals surface area contributed by atoms with E-state index in [1.54, 1.807) is 0 Å². The van der Waals surface area contributed by atoms with Crippen LogP contribution in [-0.2, 0) is 15.6 Å². The van der Waals surface area contributed by atoms with E-state index in [-0.39, 0.29) is 16.7 Å². The average molecular weight is 237 g/mol. The van der Waals surface area contributed by atoms with Crippen LogP contribution in [0.5, 0.6) is 0 Å². The summed E-state index contributed by atoms with van der Waals surface area (Å²) in [6.07, 6.45) is 0.320. The van der Waals surface area contributed by atoms with Crippen LogP contribution in [-0.4, -0.2) is 35.8 Å². The molecule has 0 amide bonds. The molecule has 2 atom stereocenters. The molecule has 0 radical (unpaired) electrons. The van der Waals surface area contributed by atoms with Crippen LogP contribution < -0.4 is 0 Å². The number of hydrogen-bond donors (Lipinski definition) is 0. The summed E-state index contributed by atoms with van der Waals surface area (Å²) < 4.78 is 5.49. The molecule has 1 fully saturated rings. The van der Waals surface area contributed by atoms with Crippen molar-refractivity contribution in [1.82, 2.24) is 0 Å². The standard InChI is InChI=1S/C13H17O2S/c1-11-9-16(8-7-15-11)10-13(14)12-5-3-2-4-6-12/h2-6,11H,7-10H2,1H3/q+1. The van der Waals surface area contributed by atoms with Gasteiger partial charge in [-0.3, -0.25) is 4.79 Å². The largest absolute Gasteiger partial charge is 0.369 e. The zero-order valence-corrected chi connectivity index (χ0v) is 10.3. The molecule has 2 nitrogen and oxygen atoms in total. The number of ketones is 1. The van der Waals surface area contributed by atoms with E-state index in [2.05, 4.69) is 6.92 Å². The lowest BCUT2D eigenvalue weighted by molar-refractivity contribution is 0.0875. The molecule has 0 saturated carbocycles. The van der Waals surface area contributed by atoms with Crippen LogP contribution >= 0.6 is 0 Å². The third-order valence-corrected chi connectivity index (χ3v) is 5.03. The molecule has 1 aliphatic rings. The fourth-order valence-corrected chi connectivity index (χ4v) is 3.91. The number of carbonyl (C=O) groups excluding carboxylic acids is 1. The Kier molecular flexibility index (Phi) is 4.02. The fourth-order valence-electron chi connectivity index (χ4n) is 1.85. The minimum Gasteiger partial charge on any atom is -0.369 e. The predicted octanol–water partition coefficient (Wildman–Crippen LogP) is 1.91. The van der Waals surface area contributed by atoms with Crippen molar-refractivity contribution in [2.75, 3.05) is 23.9 Å². The first-order chi connectivity index (χ1) is 7.75. The van der Waals surface area contributed by atoms with E-state index in [4.69, 9.17) is 4.74 Å². The average Bonchev–Trinajstić information content (AvgIpc) is 2.30. The van der Waals surface area contributed by atoms with Crippen molar-refractivity contribution in [2.24, 2.45) is 0 Å². The highest BCUT2D eigenvalue weighted by Crippen LogP contribution is 2.12. The van der Waals surface area contributed by atoms with Crippen LogP contribution in [0, 0.1) is 0 Å². The quantitative estimate of drug-likeness (QED) is 0.593. The Bertz CT molecular complexity index is 350. The van der Waals surface area contributed by atoms with E-state index in [9.17, 15) is 4.79 Å². The highest BCUT2D eigenvalue weighted by atomic mass is 32.2. The van der Waals surface area contributed by atoms with Gasteiger partial charge in [-0.05, 0) is 6.92 Å². The molecule has 0 N–H and O–H groups in total. The van der Waals surface area contributed by atoms with Gasteiger partial charge in [0.15, 0.2) is 5.75 Å². The lowest BCUT2D eigenvalue weighted by atomic mass is 10.2. The Hall–Kier alpha value is -0.800. The lowest BCUT2D eigenvalue weighted by Gasteiger charge is -2.19. The highest BCUT2D eigenvalue weighted by molar-refractivity contribution is 7.97. The fraction of sp³-hybridized carbons (Fsp3) is 0.462. The number of ether oxygens (including phenoxy) is 1. The van der Waals surface area contributed by atoms with Crippen molar-refractivity contribution in [1.29, 1.82) is 0 Å². The van der Waals surface area contributed by atoms with Gasteiger partial charge < -0.3 is 4.74 Å². The first kappa shape index (κ1) is 11.7. The summed E-state index contributed by atoms with van der Waals surface area (Å²) in [6.45, 7) is 2.90. The molecule has 0 bridgehead atoms. The molecular formula is C13H17O2S+. The molecule has 1 aromatic carbocycles. The van der Waals surface area contributed by atoms with Gasteiger partial charge in [-0.1, -0.05) is 30.3 Å². The monoisotopic (exact) mass is 237 g/mol. The Morgan fingerprint density at radius 2 is 2.19 bits per heavy atom. The van der Waals surface area contributed by atoms with Crippen LogP contribution in [0.4, 0.5) is 0 Å². The van der Waals surface area contributed by atoms with Crippen LogP contribution in [0.2, 0.25) is 0 Å². The van der Waals surface area contributed by atoms with Gasteiger partial charge in [0.1, 0.15) is 11.5 Å². The molecule has 1 aromatic rings. The number of benzene rings is 1. The maximum absolute atomic E-state index is 12.0. The Morgan fingerprint density at radius 1 is 1.44 bits per heavy atom. The van der Waals surface area contributed by atoms with Gasteiger partial charge in [-0.15, -0.1) is 0 Å². The summed E-state index contributed by atoms with van der Waals surface area (Å²) in [6, 6.07) is 9.58. The second-order valence-electron chi connectivity index (χ2n) is 4.10. The van der Waals surface area contributed by atoms with Crippen molar-refractivity contribution in [3.05, 3.63) is 35.9 Å². The third kappa shape index (κ3) is 3.09. The minimum absolute atomic E-state index is 0.220. The van der Waals surface area contributed by atoms with Crippen LogP contribution in [0.1, 0.15) is 17.3 Å². The zero-order valence-electron chi connectivity index (χ0n) is 9.52. The summed E-state index contributed by atoms with van der Waals surface area (Å²) in [5.41, 5.74) is 0.842. The first-order valence-corrected chi connectivity index (χ1v) is 7.33. The van der Waals surface area contributed by atoms with Gasteiger partial charge in [0.2, 0.25) is 5.78 Å². The number of rotatable bonds is 3. The Balaban J connectivity index is 1.92. The predicted molar refractivity (Wildman–Crippen MR) is 68.2 cm³/mol. The second kappa shape index (κ2) is 5.51. The van der Waals surface area contributed by atoms with E-state index >= 15 is 0 Å². The molecule has 2 unspecified atom stereocenters. The van der Waals surface area contributed by atoms with Gasteiger partial charge >= 0.3 is 0 Å². The van der Waals surface area contributed by atoms with Crippen LogP contribution in [0.3, 0.4) is 0 Å². The number of carbonyl (C=O) groups is 1. The van der Waals surface area contributed by atoms with Crippen molar-refractivity contribution < 1.29 is 9.53 Å². The Morgan fingerprint density at radius 3 is 2.88 bits per heavy atom. The van der Waals surface area contributed by atoms with E-state index in [0.717, 1.165) is 23.7 Å². The van der Waals surface area contributed by atoms with Crippen molar-refractivity contribution in [3.8, 4) is 0 Å². The minimum atomic E-state index is 0.220. The number of hydrogen-bond acceptors (Lipinski definition) is 2. The van der Waals surface area contributed by atoms with Gasteiger partial charge in [0.25, 0.3) is 0 Å². The van der Waals surface area contributed by atoms with E-state index in [0.29, 0.717) is 11.9 Å². The van der Waals surface area contributed by atoms with E-state index < -0.39 is 0 Å². The van der Waals surface area contributed by atoms with Gasteiger partial charge in [0.05, 0.1) is 12.7 Å². The summed E-state index contributed by atoms with van der Waals surface area (Å²) in [5, 5.41) is 0. The molecular weight excluding hydrogens is 220 g/mol. The summed E-state index contributed by atoms with van der Waals surface area (Å²) >= 11 is 0. The van der Waals surface area contributed by atoms with Gasteiger partial charge in [0, 0.05) is 16.5 Å². The van der Waals surface area contributed by atoms with Crippen molar-refractivity contribution in [2.45, 2.75) is 13.0 Å². The van der Waals surface area contributed by atoms with Crippen molar-refractivity contribution >= 4 is 16.7 Å². The molecule has 86 valence electrons. The number of Topliss-reactive ketones (excluding diaryl/α,β-unsaturated/α-hetero) is 1. The third-order valence-electron chi connectivity index (χ3n) is 2.68. The molecule has 1 heterocycles. The molecule has 0 spiro atoms. The topological polar surface area (TPSA) is 26.3 Å². The van der Waals surface area contributed by atoms with Gasteiger partial charge in [-0.2, -0.15) is 0 Å². The maximum Gasteiger partial charge on any atom is 0.211 e. The second-order valence-corrected chi connectivity index (χ2v) is 6.35. The summed E-state index contributed by atoms with van der Waals surface area (Å²) in [5.74, 6) is 3.05. The Labute approximate surface area is 99.3 Å². The van der Waals surface area contributed by atoms with E-state index in [1.807, 2.05) is 30.3 Å². The SMILES string of the molecule is CC1C[S+](CC(=O)c2ccccc2)CCO1. The molecule has 0 aliphatic carbocycles. The van der Waals surface area contributed by atoms with E-state index in [1.165, 1.54) is 0 Å². The van der Waals surface area contributed by atoms with Crippen molar-refractivity contribution in [3.63, 3.8) is 0 Å². The maximum atomic E-state index is 12.0. The van der Waals surface area contributed by atoms with Gasteiger partial charge in [-0.25, -0.2) is 0 Å². The molecule has 16 heavy (non-hydrogen) atoms. The molecule has 1 saturated heterocycles. The smallest absolute Gasteiger partial charge is 0.211 e. The zero-order chi connectivity index (χ0) is 11.4. The molecule has 2 rings (SSSR count). The normalized spacial score (nSPS) is 25.3. The lowest BCUT2D eigenvalue weighted by Crippen LogP contribution is -2.36. The van der Waals surface area contributed by atoms with Crippen LogP contribution in [0.15, 0.2) is 30.3 Å². The summed E-state index contributed by atoms with van der Waals surface area (Å²) in [7, 11) is 0.220. The summed E-state index contributed by atoms with van der Waals surface area (Å²) in [4.78, 5) is 12.0. The van der Waals surface area contributed by atoms with Crippen LogP contribution in [0.25, 0.3) is 0 Å². The molecule has 1 aliphatic heterocycles. The molecule has 3 heteroatoms. The molecule has 0 aromatic heterocycles.